The lowest BCUT2D eigenvalue weighted by Crippen LogP contribution is -2.41. The van der Waals surface area contributed by atoms with E-state index in [0.29, 0.717) is 23.3 Å². The highest BCUT2D eigenvalue weighted by atomic mass is 32.1. The van der Waals surface area contributed by atoms with E-state index in [1.54, 1.807) is 11.6 Å². The number of aromatic nitrogens is 1. The molecule has 0 aliphatic heterocycles. The summed E-state index contributed by atoms with van der Waals surface area (Å²) in [5, 5.41) is 7.81. The van der Waals surface area contributed by atoms with Gasteiger partial charge in [-0.3, -0.25) is 14.4 Å². The van der Waals surface area contributed by atoms with Gasteiger partial charge < -0.3 is 15.5 Å². The van der Waals surface area contributed by atoms with Crippen LogP contribution in [0, 0.1) is 19.8 Å². The van der Waals surface area contributed by atoms with Gasteiger partial charge in [0.25, 0.3) is 0 Å². The molecule has 30 heavy (non-hydrogen) atoms. The highest BCUT2D eigenvalue weighted by Gasteiger charge is 2.20. The number of hydrogen-bond acceptors (Lipinski definition) is 5. The third-order valence-electron chi connectivity index (χ3n) is 4.69. The van der Waals surface area contributed by atoms with E-state index in [-0.39, 0.29) is 37.1 Å². The molecule has 2 N–H and O–H groups in total. The van der Waals surface area contributed by atoms with Crippen molar-refractivity contribution in [3.8, 4) is 0 Å². The molecule has 3 amide bonds. The van der Waals surface area contributed by atoms with Gasteiger partial charge in [0, 0.05) is 36.7 Å². The van der Waals surface area contributed by atoms with E-state index in [9.17, 15) is 14.4 Å². The van der Waals surface area contributed by atoms with Crippen LogP contribution < -0.4 is 15.5 Å². The number of nitrogens with zero attached hydrogens (tertiary/aromatic N) is 2. The van der Waals surface area contributed by atoms with Crippen molar-refractivity contribution < 1.29 is 14.4 Å². The van der Waals surface area contributed by atoms with Crippen LogP contribution in [0.1, 0.15) is 44.2 Å². The van der Waals surface area contributed by atoms with E-state index < -0.39 is 0 Å². The van der Waals surface area contributed by atoms with E-state index in [0.717, 1.165) is 17.5 Å². The van der Waals surface area contributed by atoms with Crippen LogP contribution in [0.2, 0.25) is 0 Å². The molecule has 1 aromatic heterocycles. The second kappa shape index (κ2) is 11.4. The topological polar surface area (TPSA) is 91.4 Å². The van der Waals surface area contributed by atoms with Crippen LogP contribution in [-0.2, 0) is 14.4 Å². The van der Waals surface area contributed by atoms with Crippen LogP contribution in [0.4, 0.5) is 10.8 Å². The Balaban J connectivity index is 2.03. The maximum absolute atomic E-state index is 12.9. The quantitative estimate of drug-likeness (QED) is 0.602. The number of hydrogen-bond donors (Lipinski definition) is 2. The van der Waals surface area contributed by atoms with Gasteiger partial charge in [-0.1, -0.05) is 19.9 Å². The largest absolute Gasteiger partial charge is 0.355 e. The summed E-state index contributed by atoms with van der Waals surface area (Å²) in [4.78, 5) is 42.9. The predicted molar refractivity (Wildman–Crippen MR) is 121 cm³/mol. The minimum Gasteiger partial charge on any atom is -0.355 e. The maximum atomic E-state index is 12.9. The Bertz CT molecular complexity index is 865. The SMILES string of the molecule is Cc1ccc(N(CC(=O)NCCC(C)C)C(=O)CCC(=O)Nc2nccs2)cc1C. The third kappa shape index (κ3) is 7.59. The number of thiazole rings is 1. The van der Waals surface area contributed by atoms with E-state index in [2.05, 4.69) is 29.5 Å². The first-order valence-electron chi connectivity index (χ1n) is 10.1. The summed E-state index contributed by atoms with van der Waals surface area (Å²) >= 11 is 1.32. The van der Waals surface area contributed by atoms with Gasteiger partial charge in [0.2, 0.25) is 17.7 Å². The number of carbonyl (C=O) groups is 3. The van der Waals surface area contributed by atoms with E-state index >= 15 is 0 Å². The van der Waals surface area contributed by atoms with Crippen molar-refractivity contribution in [2.45, 2.75) is 47.0 Å². The van der Waals surface area contributed by atoms with Crippen LogP contribution in [0.5, 0.6) is 0 Å². The van der Waals surface area contributed by atoms with Gasteiger partial charge in [0.05, 0.1) is 0 Å². The number of nitrogens with one attached hydrogen (secondary N) is 2. The van der Waals surface area contributed by atoms with Gasteiger partial charge in [-0.05, 0) is 49.4 Å². The average Bonchev–Trinajstić information content (AvgIpc) is 3.19. The summed E-state index contributed by atoms with van der Waals surface area (Å²) in [7, 11) is 0. The molecule has 0 atom stereocenters. The Morgan fingerprint density at radius 1 is 1.10 bits per heavy atom. The first-order chi connectivity index (χ1) is 14.3. The third-order valence-corrected chi connectivity index (χ3v) is 5.38. The first-order valence-corrected chi connectivity index (χ1v) is 11.0. The minimum atomic E-state index is -0.278. The molecule has 0 fully saturated rings. The highest BCUT2D eigenvalue weighted by molar-refractivity contribution is 7.13. The normalized spacial score (nSPS) is 10.7. The molecule has 0 unspecified atom stereocenters. The van der Waals surface area contributed by atoms with Gasteiger partial charge >= 0.3 is 0 Å². The van der Waals surface area contributed by atoms with Crippen molar-refractivity contribution in [2.24, 2.45) is 5.92 Å². The summed E-state index contributed by atoms with van der Waals surface area (Å²) in [6, 6.07) is 5.65. The van der Waals surface area contributed by atoms with Crippen LogP contribution in [0.15, 0.2) is 29.8 Å². The summed E-state index contributed by atoms with van der Waals surface area (Å²) in [5.74, 6) is -0.278. The van der Waals surface area contributed by atoms with E-state index in [1.807, 2.05) is 32.0 Å². The number of benzene rings is 1. The molecule has 0 aliphatic rings. The Hall–Kier alpha value is -2.74. The molecule has 2 rings (SSSR count). The fourth-order valence-electron chi connectivity index (χ4n) is 2.74. The molecule has 0 saturated heterocycles. The molecular weight excluding hydrogens is 400 g/mol. The molecule has 0 saturated carbocycles. The Morgan fingerprint density at radius 2 is 1.87 bits per heavy atom. The molecule has 1 aromatic carbocycles. The second-order valence-corrected chi connectivity index (χ2v) is 8.56. The van der Waals surface area contributed by atoms with Gasteiger partial charge in [0.15, 0.2) is 5.13 Å². The second-order valence-electron chi connectivity index (χ2n) is 7.67. The number of aryl methyl sites for hydroxylation is 2. The fraction of sp³-hybridized carbons (Fsp3) is 0.455. The zero-order chi connectivity index (χ0) is 22.1. The van der Waals surface area contributed by atoms with Crippen molar-refractivity contribution in [1.82, 2.24) is 10.3 Å². The molecule has 1 heterocycles. The molecule has 0 aliphatic carbocycles. The fourth-order valence-corrected chi connectivity index (χ4v) is 3.28. The van der Waals surface area contributed by atoms with Crippen molar-refractivity contribution >= 4 is 39.9 Å². The Morgan fingerprint density at radius 3 is 2.50 bits per heavy atom. The molecule has 0 radical (unpaired) electrons. The van der Waals surface area contributed by atoms with Gasteiger partial charge in [-0.25, -0.2) is 4.98 Å². The molecule has 2 aromatic rings. The smallest absolute Gasteiger partial charge is 0.240 e. The Labute approximate surface area is 181 Å². The molecule has 0 bridgehead atoms. The zero-order valence-electron chi connectivity index (χ0n) is 18.0. The zero-order valence-corrected chi connectivity index (χ0v) is 18.8. The van der Waals surface area contributed by atoms with Crippen LogP contribution in [0.25, 0.3) is 0 Å². The maximum Gasteiger partial charge on any atom is 0.240 e. The lowest BCUT2D eigenvalue weighted by atomic mass is 10.1. The van der Waals surface area contributed by atoms with E-state index in [4.69, 9.17) is 0 Å². The van der Waals surface area contributed by atoms with Crippen molar-refractivity contribution in [1.29, 1.82) is 0 Å². The van der Waals surface area contributed by atoms with Gasteiger partial charge in [0.1, 0.15) is 6.54 Å². The van der Waals surface area contributed by atoms with Crippen LogP contribution in [-0.4, -0.2) is 35.8 Å². The summed E-state index contributed by atoms with van der Waals surface area (Å²) in [5.41, 5.74) is 2.80. The lowest BCUT2D eigenvalue weighted by molar-refractivity contribution is -0.125. The van der Waals surface area contributed by atoms with Crippen molar-refractivity contribution in [3.05, 3.63) is 40.9 Å². The lowest BCUT2D eigenvalue weighted by Gasteiger charge is -2.23. The molecule has 162 valence electrons. The van der Waals surface area contributed by atoms with Crippen molar-refractivity contribution in [2.75, 3.05) is 23.3 Å². The standard InChI is InChI=1S/C22H30N4O3S/c1-15(2)9-10-23-20(28)14-26(18-6-5-16(3)17(4)13-18)21(29)8-7-19(27)25-22-24-11-12-30-22/h5-6,11-13,15H,7-10,14H2,1-4H3,(H,23,28)(H,24,25,27). The van der Waals surface area contributed by atoms with Gasteiger partial charge in [-0.15, -0.1) is 11.3 Å². The molecule has 7 nitrogen and oxygen atoms in total. The molecule has 8 heteroatoms. The highest BCUT2D eigenvalue weighted by Crippen LogP contribution is 2.20. The number of carbonyl (C=O) groups excluding carboxylic acids is 3. The van der Waals surface area contributed by atoms with Crippen molar-refractivity contribution in [3.63, 3.8) is 0 Å². The number of anilines is 2. The van der Waals surface area contributed by atoms with E-state index in [1.165, 1.54) is 16.2 Å². The predicted octanol–water partition coefficient (Wildman–Crippen LogP) is 3.67. The molecular formula is C22H30N4O3S. The average molecular weight is 431 g/mol. The summed E-state index contributed by atoms with van der Waals surface area (Å²) in [6.45, 7) is 8.63. The van der Waals surface area contributed by atoms with Crippen LogP contribution in [0.3, 0.4) is 0 Å². The summed E-state index contributed by atoms with van der Waals surface area (Å²) < 4.78 is 0. The number of rotatable bonds is 10. The molecule has 0 spiro atoms. The summed E-state index contributed by atoms with van der Waals surface area (Å²) in [6.07, 6.45) is 2.50. The number of amides is 3. The van der Waals surface area contributed by atoms with Crippen LogP contribution >= 0.6 is 11.3 Å². The van der Waals surface area contributed by atoms with Gasteiger partial charge in [-0.2, -0.15) is 0 Å². The Kier molecular flexibility index (Phi) is 8.98. The monoisotopic (exact) mass is 430 g/mol. The first kappa shape index (κ1) is 23.5. The minimum absolute atomic E-state index is 0.00338.